The molecule has 6 rings (SSSR count). The number of benzene rings is 3. The van der Waals surface area contributed by atoms with E-state index in [9.17, 15) is 0 Å². The van der Waals surface area contributed by atoms with Crippen molar-refractivity contribution in [2.75, 3.05) is 20.1 Å². The summed E-state index contributed by atoms with van der Waals surface area (Å²) in [6, 6.07) is 24.6. The van der Waals surface area contributed by atoms with Gasteiger partial charge < -0.3 is 19.5 Å². The number of hydrogen-bond donors (Lipinski definition) is 1. The molecule has 0 atom stereocenters. The monoisotopic (exact) mass is 590 g/mol. The second kappa shape index (κ2) is 14.5. The van der Waals surface area contributed by atoms with Crippen LogP contribution in [0.5, 0.6) is 0 Å². The smallest absolute Gasteiger partial charge is 0.399 e. The summed E-state index contributed by atoms with van der Waals surface area (Å²) in [6.45, 7) is 18.4. The average molecular weight is 591 g/mol. The van der Waals surface area contributed by atoms with Gasteiger partial charge in [0, 0.05) is 26.3 Å². The van der Waals surface area contributed by atoms with Crippen LogP contribution in [0.3, 0.4) is 0 Å². The van der Waals surface area contributed by atoms with Gasteiger partial charge in [-0.15, -0.1) is 0 Å². The Kier molecular flexibility index (Phi) is 11.0. The van der Waals surface area contributed by atoms with Gasteiger partial charge in [0.25, 0.3) is 0 Å². The largest absolute Gasteiger partial charge is 0.494 e. The first-order chi connectivity index (χ1) is 21.2. The predicted molar refractivity (Wildman–Crippen MR) is 191 cm³/mol. The third-order valence-corrected chi connectivity index (χ3v) is 8.72. The Labute approximate surface area is 267 Å². The highest BCUT2D eigenvalue weighted by atomic mass is 16.7. The van der Waals surface area contributed by atoms with E-state index in [0.717, 1.165) is 37.0 Å². The number of rotatable bonds is 5. The van der Waals surface area contributed by atoms with Crippen molar-refractivity contribution in [2.45, 2.75) is 79.4 Å². The summed E-state index contributed by atoms with van der Waals surface area (Å²) in [4.78, 5) is 2.21. The molecule has 1 N–H and O–H groups in total. The van der Waals surface area contributed by atoms with Gasteiger partial charge in [-0.25, -0.2) is 0 Å². The maximum absolute atomic E-state index is 6.52. The topological polar surface area (TPSA) is 33.7 Å². The maximum atomic E-state index is 6.52. The Bertz CT molecular complexity index is 1500. The van der Waals surface area contributed by atoms with Gasteiger partial charge in [-0.1, -0.05) is 82.3 Å². The lowest BCUT2D eigenvalue weighted by atomic mass is 9.76. The van der Waals surface area contributed by atoms with E-state index in [1.165, 1.54) is 39.0 Å². The van der Waals surface area contributed by atoms with Crippen molar-refractivity contribution in [2.24, 2.45) is 0 Å². The van der Waals surface area contributed by atoms with Crippen molar-refractivity contribution in [1.29, 1.82) is 0 Å². The minimum Gasteiger partial charge on any atom is -0.399 e. The van der Waals surface area contributed by atoms with Crippen molar-refractivity contribution >= 4 is 23.7 Å². The lowest BCUT2D eigenvalue weighted by Crippen LogP contribution is -2.41. The lowest BCUT2D eigenvalue weighted by Gasteiger charge is -2.32. The van der Waals surface area contributed by atoms with Crippen molar-refractivity contribution in [3.05, 3.63) is 102 Å². The van der Waals surface area contributed by atoms with E-state index in [1.54, 1.807) is 0 Å². The zero-order valence-electron chi connectivity index (χ0n) is 28.3. The van der Waals surface area contributed by atoms with E-state index in [1.807, 2.05) is 27.7 Å². The highest BCUT2D eigenvalue weighted by Gasteiger charge is 2.51. The second-order valence-electron chi connectivity index (χ2n) is 12.3. The first-order valence-corrected chi connectivity index (χ1v) is 16.4. The molecule has 44 heavy (non-hydrogen) atoms. The summed E-state index contributed by atoms with van der Waals surface area (Å²) in [5, 5.41) is 3.41. The summed E-state index contributed by atoms with van der Waals surface area (Å²) in [5.74, 6) is 0. The van der Waals surface area contributed by atoms with E-state index >= 15 is 0 Å². The summed E-state index contributed by atoms with van der Waals surface area (Å²) in [7, 11) is 1.68. The molecular weight excluding hydrogens is 539 g/mol. The average Bonchev–Trinajstić information content (AvgIpc) is 3.29. The minimum absolute atomic E-state index is 0.402. The van der Waals surface area contributed by atoms with Gasteiger partial charge in [0.05, 0.1) is 11.2 Å². The van der Waals surface area contributed by atoms with E-state index in [0.29, 0.717) is 0 Å². The quantitative estimate of drug-likeness (QED) is 0.301. The van der Waals surface area contributed by atoms with Crippen LogP contribution in [-0.2, 0) is 9.31 Å². The molecule has 0 saturated carbocycles. The fraction of sp³-hybridized carbons (Fsp3) is 0.385. The molecule has 0 aliphatic carbocycles. The molecule has 0 unspecified atom stereocenters. The van der Waals surface area contributed by atoms with Crippen molar-refractivity contribution < 1.29 is 9.31 Å². The summed E-state index contributed by atoms with van der Waals surface area (Å²) < 4.78 is 13.0. The predicted octanol–water partition coefficient (Wildman–Crippen LogP) is 8.94. The normalized spacial score (nSPS) is 18.2. The van der Waals surface area contributed by atoms with Gasteiger partial charge in [-0.2, -0.15) is 0 Å². The fourth-order valence-corrected chi connectivity index (χ4v) is 5.64. The van der Waals surface area contributed by atoms with Crippen LogP contribution < -0.4 is 10.8 Å². The van der Waals surface area contributed by atoms with Crippen LogP contribution in [-0.4, -0.2) is 43.4 Å². The summed E-state index contributed by atoms with van der Waals surface area (Å²) >= 11 is 0. The fourth-order valence-electron chi connectivity index (χ4n) is 5.64. The lowest BCUT2D eigenvalue weighted by molar-refractivity contribution is 0.00578. The molecule has 3 heterocycles. The Morgan fingerprint density at radius 3 is 1.75 bits per heavy atom. The molecule has 0 radical (unpaired) electrons. The van der Waals surface area contributed by atoms with Crippen LogP contribution in [0, 0.1) is 0 Å². The first-order valence-electron chi connectivity index (χ1n) is 16.4. The standard InChI is InChI=1S/C35H39BN2O2.2C2H6/c1-34(2)35(3,4)40-36(39-34)33-21-31(27-12-6-10-25(18-27)29-14-8-16-37-23-29)20-32(22-33)28-13-7-11-26(19-28)30-15-9-17-38(5)24-30;2*1-2/h6-7,9-13,15,17-23,37H,8,14,16,24H2,1-5H3;2*1-2H3. The molecule has 3 aliphatic heterocycles. The summed E-state index contributed by atoms with van der Waals surface area (Å²) in [6.07, 6.45) is 10.9. The Morgan fingerprint density at radius 2 is 1.23 bits per heavy atom. The molecule has 1 fully saturated rings. The Morgan fingerprint density at radius 1 is 0.705 bits per heavy atom. The van der Waals surface area contributed by atoms with Crippen LogP contribution in [0.2, 0.25) is 0 Å². The molecule has 3 aliphatic rings. The van der Waals surface area contributed by atoms with E-state index < -0.39 is 18.3 Å². The van der Waals surface area contributed by atoms with Gasteiger partial charge in [0.1, 0.15) is 0 Å². The SMILES string of the molecule is CC.CC.CN1C=CC=C(c2cccc(-c3cc(B4OC(C)(C)C(C)(C)O4)cc(-c4cccc(C5=CNCCC5)c4)c3)c2)C1. The molecule has 5 heteroatoms. The number of allylic oxidation sites excluding steroid dienone is 3. The van der Waals surface area contributed by atoms with Gasteiger partial charge >= 0.3 is 7.12 Å². The third kappa shape index (κ3) is 7.39. The molecule has 3 aromatic rings. The Hall–Kier alpha value is -3.54. The molecule has 1 saturated heterocycles. The van der Waals surface area contributed by atoms with Gasteiger partial charge in [0.15, 0.2) is 0 Å². The van der Waals surface area contributed by atoms with Gasteiger partial charge in [-0.3, -0.25) is 0 Å². The molecular formula is C39H51BN2O2. The van der Waals surface area contributed by atoms with Gasteiger partial charge in [0.2, 0.25) is 0 Å². The third-order valence-electron chi connectivity index (χ3n) is 8.72. The maximum Gasteiger partial charge on any atom is 0.494 e. The van der Waals surface area contributed by atoms with Crippen molar-refractivity contribution in [3.63, 3.8) is 0 Å². The number of likely N-dealkylation sites (N-methyl/N-ethyl adjacent to an activating group) is 1. The molecule has 0 spiro atoms. The zero-order valence-corrected chi connectivity index (χ0v) is 28.3. The minimum atomic E-state index is -0.430. The highest BCUT2D eigenvalue weighted by molar-refractivity contribution is 6.62. The van der Waals surface area contributed by atoms with E-state index in [2.05, 4.69) is 136 Å². The molecule has 3 aromatic carbocycles. The molecule has 0 amide bonds. The number of hydrogen-bond acceptors (Lipinski definition) is 4. The molecule has 232 valence electrons. The van der Waals surface area contributed by atoms with Crippen LogP contribution >= 0.6 is 0 Å². The number of nitrogens with zero attached hydrogens (tertiary/aromatic N) is 1. The molecule has 0 bridgehead atoms. The molecule has 4 nitrogen and oxygen atoms in total. The van der Waals surface area contributed by atoms with Crippen LogP contribution in [0.25, 0.3) is 33.4 Å². The van der Waals surface area contributed by atoms with Crippen LogP contribution in [0.1, 0.15) is 79.4 Å². The van der Waals surface area contributed by atoms with Crippen molar-refractivity contribution in [3.8, 4) is 22.3 Å². The van der Waals surface area contributed by atoms with Crippen LogP contribution in [0.15, 0.2) is 91.3 Å². The zero-order chi connectivity index (χ0) is 31.9. The Balaban J connectivity index is 0.00000106. The molecule has 0 aromatic heterocycles. The highest BCUT2D eigenvalue weighted by Crippen LogP contribution is 2.38. The summed E-state index contributed by atoms with van der Waals surface area (Å²) in [5.41, 5.74) is 10.1. The van der Waals surface area contributed by atoms with Crippen LogP contribution in [0.4, 0.5) is 0 Å². The van der Waals surface area contributed by atoms with E-state index in [-0.39, 0.29) is 0 Å². The first kappa shape index (κ1) is 33.4. The van der Waals surface area contributed by atoms with Crippen molar-refractivity contribution in [1.82, 2.24) is 10.2 Å². The second-order valence-corrected chi connectivity index (χ2v) is 12.3. The van der Waals surface area contributed by atoms with E-state index in [4.69, 9.17) is 9.31 Å². The van der Waals surface area contributed by atoms with Gasteiger partial charge in [-0.05, 0) is 121 Å². The number of nitrogens with one attached hydrogen (secondary N) is 1.